The van der Waals surface area contributed by atoms with Crippen LogP contribution in [-0.2, 0) is 6.54 Å². The molecule has 1 amide bonds. The first-order valence-electron chi connectivity index (χ1n) is 5.43. The highest BCUT2D eigenvalue weighted by Gasteiger charge is 2.14. The number of nitrogens with two attached hydrogens (primary N) is 1. The highest BCUT2D eigenvalue weighted by Crippen LogP contribution is 2.28. The van der Waals surface area contributed by atoms with Gasteiger partial charge < -0.3 is 10.6 Å². The molecule has 3 nitrogen and oxygen atoms in total. The van der Waals surface area contributed by atoms with E-state index in [0.29, 0.717) is 12.1 Å². The average Bonchev–Trinajstić information content (AvgIpc) is 2.84. The molecule has 1 heterocycles. The molecule has 2 rings (SSSR count). The summed E-state index contributed by atoms with van der Waals surface area (Å²) in [5, 5.41) is 2.87. The molecule has 1 aromatic heterocycles. The Labute approximate surface area is 118 Å². The normalized spacial score (nSPS) is 10.4. The smallest absolute Gasteiger partial charge is 0.258 e. The summed E-state index contributed by atoms with van der Waals surface area (Å²) in [6.07, 6.45) is 0. The van der Waals surface area contributed by atoms with Crippen LogP contribution in [0.2, 0.25) is 0 Å². The summed E-state index contributed by atoms with van der Waals surface area (Å²) in [7, 11) is 1.78. The van der Waals surface area contributed by atoms with E-state index in [1.165, 1.54) is 11.3 Å². The van der Waals surface area contributed by atoms with Crippen LogP contribution < -0.4 is 10.6 Å². The predicted octanol–water partition coefficient (Wildman–Crippen LogP) is 3.25. The van der Waals surface area contributed by atoms with Crippen LogP contribution in [0, 0.1) is 0 Å². The lowest BCUT2D eigenvalue weighted by atomic mass is 10.1. The molecule has 0 aliphatic carbocycles. The number of halogens is 1. The van der Waals surface area contributed by atoms with Crippen molar-refractivity contribution >= 4 is 38.2 Å². The van der Waals surface area contributed by atoms with E-state index in [1.807, 2.05) is 35.7 Å². The number of nitrogens with zero attached hydrogens (tertiary/aromatic N) is 1. The molecule has 0 fully saturated rings. The van der Waals surface area contributed by atoms with Crippen molar-refractivity contribution in [3.63, 3.8) is 0 Å². The molecule has 0 atom stereocenters. The Morgan fingerprint density at radius 3 is 2.56 bits per heavy atom. The Morgan fingerprint density at radius 2 is 2.06 bits per heavy atom. The molecule has 5 heteroatoms. The van der Waals surface area contributed by atoms with Gasteiger partial charge in [-0.05, 0) is 39.7 Å². The van der Waals surface area contributed by atoms with E-state index in [9.17, 15) is 4.79 Å². The van der Waals surface area contributed by atoms with Crippen molar-refractivity contribution in [3.8, 4) is 0 Å². The number of hydrogen-bond donors (Lipinski definition) is 1. The SMILES string of the molecule is CN(C(=O)c1ccc(CN)cc1)c1cc(Br)cs1. The molecule has 0 bridgehead atoms. The molecular formula is C13H13BrN2OS. The van der Waals surface area contributed by atoms with Gasteiger partial charge in [0.15, 0.2) is 0 Å². The van der Waals surface area contributed by atoms with Gasteiger partial charge in [0.25, 0.3) is 5.91 Å². The van der Waals surface area contributed by atoms with Crippen LogP contribution in [0.3, 0.4) is 0 Å². The molecule has 0 spiro atoms. The maximum absolute atomic E-state index is 12.2. The zero-order valence-electron chi connectivity index (χ0n) is 9.89. The first-order valence-corrected chi connectivity index (χ1v) is 7.10. The fraction of sp³-hybridized carbons (Fsp3) is 0.154. The van der Waals surface area contributed by atoms with Gasteiger partial charge in [0.2, 0.25) is 0 Å². The summed E-state index contributed by atoms with van der Waals surface area (Å²) in [6, 6.07) is 9.31. The summed E-state index contributed by atoms with van der Waals surface area (Å²) in [5.74, 6) is -0.0204. The minimum absolute atomic E-state index is 0.0204. The summed E-state index contributed by atoms with van der Waals surface area (Å²) < 4.78 is 0.987. The monoisotopic (exact) mass is 324 g/mol. The lowest BCUT2D eigenvalue weighted by Gasteiger charge is -2.15. The highest BCUT2D eigenvalue weighted by atomic mass is 79.9. The number of thiophene rings is 1. The van der Waals surface area contributed by atoms with Crippen LogP contribution >= 0.6 is 27.3 Å². The first-order chi connectivity index (χ1) is 8.61. The Morgan fingerprint density at radius 1 is 1.39 bits per heavy atom. The molecule has 0 unspecified atom stereocenters. The van der Waals surface area contributed by atoms with E-state index < -0.39 is 0 Å². The largest absolute Gasteiger partial charge is 0.326 e. The van der Waals surface area contributed by atoms with Crippen molar-refractivity contribution < 1.29 is 4.79 Å². The van der Waals surface area contributed by atoms with Crippen molar-refractivity contribution in [2.45, 2.75) is 6.54 Å². The van der Waals surface area contributed by atoms with Crippen LogP contribution in [0.1, 0.15) is 15.9 Å². The van der Waals surface area contributed by atoms with Crippen LogP contribution in [0.15, 0.2) is 40.2 Å². The average molecular weight is 325 g/mol. The van der Waals surface area contributed by atoms with Crippen molar-refractivity contribution in [3.05, 3.63) is 51.3 Å². The predicted molar refractivity (Wildman–Crippen MR) is 79.1 cm³/mol. The molecule has 18 heavy (non-hydrogen) atoms. The van der Waals surface area contributed by atoms with E-state index >= 15 is 0 Å². The third-order valence-electron chi connectivity index (χ3n) is 2.63. The molecule has 0 aliphatic rings. The molecule has 1 aromatic carbocycles. The molecule has 2 aromatic rings. The number of anilines is 1. The van der Waals surface area contributed by atoms with Crippen LogP contribution in [-0.4, -0.2) is 13.0 Å². The third kappa shape index (κ3) is 2.80. The van der Waals surface area contributed by atoms with Gasteiger partial charge in [0.05, 0.1) is 5.00 Å². The fourth-order valence-electron chi connectivity index (χ4n) is 1.56. The second-order valence-electron chi connectivity index (χ2n) is 3.87. The quantitative estimate of drug-likeness (QED) is 0.942. The number of carbonyl (C=O) groups is 1. The number of rotatable bonds is 3. The minimum Gasteiger partial charge on any atom is -0.326 e. The van der Waals surface area contributed by atoms with Crippen LogP contribution in [0.4, 0.5) is 5.00 Å². The Bertz CT molecular complexity index is 550. The summed E-state index contributed by atoms with van der Waals surface area (Å²) in [4.78, 5) is 13.9. The molecule has 2 N–H and O–H groups in total. The lowest BCUT2D eigenvalue weighted by molar-refractivity contribution is 0.0993. The van der Waals surface area contributed by atoms with Crippen molar-refractivity contribution in [1.29, 1.82) is 0 Å². The minimum atomic E-state index is -0.0204. The number of amides is 1. The maximum atomic E-state index is 12.2. The zero-order valence-corrected chi connectivity index (χ0v) is 12.3. The van der Waals surface area contributed by atoms with Gasteiger partial charge in [-0.25, -0.2) is 0 Å². The number of carbonyl (C=O) groups excluding carboxylic acids is 1. The Hall–Kier alpha value is -1.17. The van der Waals surface area contributed by atoms with Crippen molar-refractivity contribution in [2.24, 2.45) is 5.73 Å². The van der Waals surface area contributed by atoms with Gasteiger partial charge in [-0.3, -0.25) is 4.79 Å². The van der Waals surface area contributed by atoms with Gasteiger partial charge in [0, 0.05) is 29.0 Å². The van der Waals surface area contributed by atoms with Crippen LogP contribution in [0.5, 0.6) is 0 Å². The summed E-state index contributed by atoms with van der Waals surface area (Å²) in [5.41, 5.74) is 7.22. The summed E-state index contributed by atoms with van der Waals surface area (Å²) in [6.45, 7) is 0.488. The van der Waals surface area contributed by atoms with Crippen LogP contribution in [0.25, 0.3) is 0 Å². The lowest BCUT2D eigenvalue weighted by Crippen LogP contribution is -2.25. The fourth-order valence-corrected chi connectivity index (χ4v) is 2.94. The number of benzene rings is 1. The molecule has 0 saturated heterocycles. The molecule has 0 radical (unpaired) electrons. The second kappa shape index (κ2) is 5.65. The zero-order chi connectivity index (χ0) is 13.1. The highest BCUT2D eigenvalue weighted by molar-refractivity contribution is 9.10. The van der Waals surface area contributed by atoms with Gasteiger partial charge >= 0.3 is 0 Å². The topological polar surface area (TPSA) is 46.3 Å². The standard InChI is InChI=1S/C13H13BrN2OS/c1-16(12-6-11(14)8-18-12)13(17)10-4-2-9(7-15)3-5-10/h2-6,8H,7,15H2,1H3. The van der Waals surface area contributed by atoms with E-state index in [0.717, 1.165) is 15.0 Å². The van der Waals surface area contributed by atoms with Crippen molar-refractivity contribution in [1.82, 2.24) is 0 Å². The van der Waals surface area contributed by atoms with Gasteiger partial charge in [-0.2, -0.15) is 0 Å². The maximum Gasteiger partial charge on any atom is 0.258 e. The van der Waals surface area contributed by atoms with E-state index in [-0.39, 0.29) is 5.91 Å². The van der Waals surface area contributed by atoms with E-state index in [4.69, 9.17) is 5.73 Å². The van der Waals surface area contributed by atoms with E-state index in [2.05, 4.69) is 15.9 Å². The molecule has 0 aliphatic heterocycles. The van der Waals surface area contributed by atoms with E-state index in [1.54, 1.807) is 11.9 Å². The molecule has 94 valence electrons. The number of hydrogen-bond acceptors (Lipinski definition) is 3. The first kappa shape index (κ1) is 13.3. The Kier molecular flexibility index (Phi) is 4.16. The summed E-state index contributed by atoms with van der Waals surface area (Å²) >= 11 is 4.91. The Balaban J connectivity index is 2.19. The second-order valence-corrected chi connectivity index (χ2v) is 5.67. The molecule has 0 saturated carbocycles. The third-order valence-corrected chi connectivity index (χ3v) is 4.39. The van der Waals surface area contributed by atoms with Crippen molar-refractivity contribution in [2.75, 3.05) is 11.9 Å². The van der Waals surface area contributed by atoms with Gasteiger partial charge in [-0.1, -0.05) is 12.1 Å². The van der Waals surface area contributed by atoms with Gasteiger partial charge in [0.1, 0.15) is 0 Å². The van der Waals surface area contributed by atoms with Gasteiger partial charge in [-0.15, -0.1) is 11.3 Å². The molecular weight excluding hydrogens is 312 g/mol.